The van der Waals surface area contributed by atoms with Gasteiger partial charge in [-0.3, -0.25) is 0 Å². The van der Waals surface area contributed by atoms with Gasteiger partial charge in [0.25, 0.3) is 0 Å². The van der Waals surface area contributed by atoms with Gasteiger partial charge < -0.3 is 0 Å². The second-order valence-corrected chi connectivity index (χ2v) is 2.46. The minimum atomic E-state index is 1.09. The topological polar surface area (TPSA) is 3.01 Å². The Bertz CT molecular complexity index is 209. The molecule has 2 rings (SSSR count). The second kappa shape index (κ2) is 1.83. The smallest absolute Gasteiger partial charge is 0.181 e. The van der Waals surface area contributed by atoms with Gasteiger partial charge in [-0.05, 0) is 6.08 Å². The molecule has 2 heterocycles. The summed E-state index contributed by atoms with van der Waals surface area (Å²) in [4.78, 5) is 0. The van der Waals surface area contributed by atoms with Gasteiger partial charge in [0, 0.05) is 18.9 Å². The molecule has 0 aliphatic carbocycles. The van der Waals surface area contributed by atoms with Crippen molar-refractivity contribution in [3.8, 4) is 0 Å². The molecule has 0 amide bonds. The van der Waals surface area contributed by atoms with Crippen molar-refractivity contribution in [1.82, 2.24) is 0 Å². The summed E-state index contributed by atoms with van der Waals surface area (Å²) in [5, 5.41) is 0. The summed E-state index contributed by atoms with van der Waals surface area (Å²) < 4.78 is 2.32. The van der Waals surface area contributed by atoms with Crippen molar-refractivity contribution in [2.75, 3.05) is 6.54 Å². The number of hydrogen-bond donors (Lipinski definition) is 0. The van der Waals surface area contributed by atoms with E-state index in [1.165, 1.54) is 18.5 Å². The van der Waals surface area contributed by atoms with Crippen LogP contribution < -0.4 is 0 Å². The third kappa shape index (κ3) is 0.727. The van der Waals surface area contributed by atoms with Crippen LogP contribution in [0.15, 0.2) is 23.9 Å². The average molecular weight is 120 g/mol. The maximum atomic E-state index is 2.32. The third-order valence-electron chi connectivity index (χ3n) is 1.85. The summed E-state index contributed by atoms with van der Waals surface area (Å²) in [5.74, 6) is 0. The molecule has 0 unspecified atom stereocenters. The predicted molar refractivity (Wildman–Crippen MR) is 37.6 cm³/mol. The van der Waals surface area contributed by atoms with Crippen molar-refractivity contribution >= 4 is 6.21 Å². The van der Waals surface area contributed by atoms with Gasteiger partial charge in [0.2, 0.25) is 0 Å². The summed E-state index contributed by atoms with van der Waals surface area (Å²) in [7, 11) is 0. The number of rotatable bonds is 0. The zero-order chi connectivity index (χ0) is 6.10. The highest BCUT2D eigenvalue weighted by Crippen LogP contribution is 2.14. The molecule has 0 radical (unpaired) electrons. The van der Waals surface area contributed by atoms with Crippen LogP contribution in [0.3, 0.4) is 0 Å². The predicted octanol–water partition coefficient (Wildman–Crippen LogP) is 1.32. The van der Waals surface area contributed by atoms with E-state index >= 15 is 0 Å². The minimum absolute atomic E-state index is 1.09. The fraction of sp³-hybridized carbons (Fsp3) is 0.375. The van der Waals surface area contributed by atoms with Gasteiger partial charge in [0.05, 0.1) is 0 Å². The SMILES string of the molecule is C1=CC[N+]2=CCCC2=C1. The Kier molecular flexibility index (Phi) is 1.01. The lowest BCUT2D eigenvalue weighted by Crippen LogP contribution is -2.08. The van der Waals surface area contributed by atoms with Gasteiger partial charge in [-0.1, -0.05) is 6.08 Å². The van der Waals surface area contributed by atoms with Crippen LogP contribution in [-0.2, 0) is 0 Å². The van der Waals surface area contributed by atoms with Crippen LogP contribution in [0.1, 0.15) is 12.8 Å². The van der Waals surface area contributed by atoms with E-state index < -0.39 is 0 Å². The van der Waals surface area contributed by atoms with E-state index in [0.717, 1.165) is 6.54 Å². The Morgan fingerprint density at radius 3 is 3.33 bits per heavy atom. The molecule has 0 spiro atoms. The van der Waals surface area contributed by atoms with Crippen molar-refractivity contribution in [2.24, 2.45) is 0 Å². The molecule has 2 aliphatic rings. The van der Waals surface area contributed by atoms with Crippen molar-refractivity contribution in [3.63, 3.8) is 0 Å². The van der Waals surface area contributed by atoms with Crippen LogP contribution in [0.25, 0.3) is 0 Å². The first-order valence-electron chi connectivity index (χ1n) is 3.42. The lowest BCUT2D eigenvalue weighted by Gasteiger charge is -1.98. The first kappa shape index (κ1) is 4.98. The van der Waals surface area contributed by atoms with Crippen molar-refractivity contribution in [1.29, 1.82) is 0 Å². The molecule has 2 aliphatic heterocycles. The number of fused-ring (bicyclic) bond motifs is 1. The van der Waals surface area contributed by atoms with E-state index in [2.05, 4.69) is 29.0 Å². The van der Waals surface area contributed by atoms with Gasteiger partial charge in [-0.15, -0.1) is 0 Å². The molecule has 0 atom stereocenters. The first-order valence-corrected chi connectivity index (χ1v) is 3.42. The third-order valence-corrected chi connectivity index (χ3v) is 1.85. The molecule has 9 heavy (non-hydrogen) atoms. The van der Waals surface area contributed by atoms with Crippen LogP contribution in [-0.4, -0.2) is 17.3 Å². The summed E-state index contributed by atoms with van der Waals surface area (Å²) >= 11 is 0. The van der Waals surface area contributed by atoms with Crippen molar-refractivity contribution in [2.45, 2.75) is 12.8 Å². The monoisotopic (exact) mass is 120 g/mol. The normalized spacial score (nSPS) is 23.1. The highest BCUT2D eigenvalue weighted by Gasteiger charge is 2.18. The van der Waals surface area contributed by atoms with Gasteiger partial charge in [0.1, 0.15) is 6.21 Å². The molecule has 46 valence electrons. The van der Waals surface area contributed by atoms with E-state index in [1.54, 1.807) is 0 Å². The lowest BCUT2D eigenvalue weighted by molar-refractivity contribution is -0.457. The average Bonchev–Trinajstić information content (AvgIpc) is 2.33. The fourth-order valence-electron chi connectivity index (χ4n) is 1.35. The molecule has 0 saturated heterocycles. The molecule has 1 nitrogen and oxygen atoms in total. The number of allylic oxidation sites excluding steroid dienone is 3. The standard InChI is InChI=1S/C8H10N/c1-2-6-9-7-3-5-8(9)4-1/h1-2,4,7H,3,5-6H2/q+1. The van der Waals surface area contributed by atoms with Crippen LogP contribution in [0.2, 0.25) is 0 Å². The fourth-order valence-corrected chi connectivity index (χ4v) is 1.35. The maximum absolute atomic E-state index is 2.32. The Labute approximate surface area is 55.0 Å². The lowest BCUT2D eigenvalue weighted by atomic mass is 10.2. The summed E-state index contributed by atoms with van der Waals surface area (Å²) in [6.45, 7) is 1.09. The maximum Gasteiger partial charge on any atom is 0.181 e. The highest BCUT2D eigenvalue weighted by molar-refractivity contribution is 5.55. The molecule has 0 N–H and O–H groups in total. The Balaban J connectivity index is 2.37. The summed E-state index contributed by atoms with van der Waals surface area (Å²) in [5.41, 5.74) is 1.48. The van der Waals surface area contributed by atoms with Crippen LogP contribution in [0.4, 0.5) is 0 Å². The molecular weight excluding hydrogens is 110 g/mol. The second-order valence-electron chi connectivity index (χ2n) is 2.46. The molecule has 0 saturated carbocycles. The van der Waals surface area contributed by atoms with Crippen molar-refractivity contribution in [3.05, 3.63) is 23.9 Å². The van der Waals surface area contributed by atoms with Gasteiger partial charge in [-0.25, -0.2) is 4.58 Å². The first-order chi connectivity index (χ1) is 4.47. The molecular formula is C8H10N+. The molecule has 1 heteroatoms. The van der Waals surface area contributed by atoms with E-state index in [1.807, 2.05) is 0 Å². The summed E-state index contributed by atoms with van der Waals surface area (Å²) in [6.07, 6.45) is 11.3. The van der Waals surface area contributed by atoms with Crippen LogP contribution in [0, 0.1) is 0 Å². The zero-order valence-electron chi connectivity index (χ0n) is 5.38. The van der Waals surface area contributed by atoms with E-state index in [-0.39, 0.29) is 0 Å². The van der Waals surface area contributed by atoms with Crippen molar-refractivity contribution < 1.29 is 4.58 Å². The van der Waals surface area contributed by atoms with Gasteiger partial charge in [0.15, 0.2) is 12.2 Å². The van der Waals surface area contributed by atoms with E-state index in [9.17, 15) is 0 Å². The molecule has 0 aromatic rings. The quantitative estimate of drug-likeness (QED) is 0.424. The molecule has 0 fully saturated rings. The zero-order valence-corrected chi connectivity index (χ0v) is 5.38. The molecule has 0 bridgehead atoms. The van der Waals surface area contributed by atoms with Crippen LogP contribution in [0.5, 0.6) is 0 Å². The number of nitrogens with zero attached hydrogens (tertiary/aromatic N) is 1. The molecule has 0 aromatic heterocycles. The number of hydrogen-bond acceptors (Lipinski definition) is 0. The van der Waals surface area contributed by atoms with Gasteiger partial charge in [-0.2, -0.15) is 0 Å². The Morgan fingerprint density at radius 2 is 2.44 bits per heavy atom. The molecule has 0 aromatic carbocycles. The van der Waals surface area contributed by atoms with E-state index in [0.29, 0.717) is 0 Å². The largest absolute Gasteiger partial charge is 0.203 e. The van der Waals surface area contributed by atoms with E-state index in [4.69, 9.17) is 0 Å². The Hall–Kier alpha value is -0.850. The van der Waals surface area contributed by atoms with Gasteiger partial charge >= 0.3 is 0 Å². The summed E-state index contributed by atoms with van der Waals surface area (Å²) in [6, 6.07) is 0. The van der Waals surface area contributed by atoms with Crippen LogP contribution >= 0.6 is 0 Å². The minimum Gasteiger partial charge on any atom is -0.203 e. The Morgan fingerprint density at radius 1 is 1.44 bits per heavy atom. The highest BCUT2D eigenvalue weighted by atomic mass is 15.0.